The van der Waals surface area contributed by atoms with Crippen LogP contribution < -0.4 is 11.1 Å². The highest BCUT2D eigenvalue weighted by atomic mass is 32.2. The van der Waals surface area contributed by atoms with E-state index in [9.17, 15) is 13.2 Å². The van der Waals surface area contributed by atoms with Gasteiger partial charge in [0.25, 0.3) is 0 Å². The predicted molar refractivity (Wildman–Crippen MR) is 96.2 cm³/mol. The lowest BCUT2D eigenvalue weighted by Gasteiger charge is -2.25. The number of nitrogens with zero attached hydrogens (tertiary/aromatic N) is 1. The number of sulfonamides is 1. The fourth-order valence-corrected chi connectivity index (χ4v) is 5.17. The van der Waals surface area contributed by atoms with Crippen LogP contribution in [-0.4, -0.2) is 37.8 Å². The predicted octanol–water partition coefficient (Wildman–Crippen LogP) is 1.60. The minimum Gasteiger partial charge on any atom is -0.352 e. The minimum absolute atomic E-state index is 0.00133. The lowest BCUT2D eigenvalue weighted by atomic mass is 9.85. The molecular formula is C18H27N3O3S. The summed E-state index contributed by atoms with van der Waals surface area (Å²) in [5.41, 5.74) is 6.84. The first-order valence-corrected chi connectivity index (χ1v) is 10.5. The SMILES string of the molecule is NC1CCCC(C(=O)NCc2ccc(S(=O)(=O)N3CCCC3)cc2)C1. The summed E-state index contributed by atoms with van der Waals surface area (Å²) >= 11 is 0. The van der Waals surface area contributed by atoms with Gasteiger partial charge in [-0.05, 0) is 49.8 Å². The molecule has 1 aromatic rings. The number of benzene rings is 1. The molecule has 0 spiro atoms. The van der Waals surface area contributed by atoms with Gasteiger partial charge in [0.2, 0.25) is 15.9 Å². The van der Waals surface area contributed by atoms with Gasteiger partial charge < -0.3 is 11.1 Å². The maximum atomic E-state index is 12.5. The molecule has 3 rings (SSSR count). The number of hydrogen-bond acceptors (Lipinski definition) is 4. The van der Waals surface area contributed by atoms with Crippen LogP contribution in [0.3, 0.4) is 0 Å². The number of nitrogens with one attached hydrogen (secondary N) is 1. The molecule has 2 fully saturated rings. The monoisotopic (exact) mass is 365 g/mol. The van der Waals surface area contributed by atoms with Gasteiger partial charge in [-0.25, -0.2) is 8.42 Å². The zero-order valence-electron chi connectivity index (χ0n) is 14.5. The van der Waals surface area contributed by atoms with Crippen molar-refractivity contribution in [3.63, 3.8) is 0 Å². The maximum Gasteiger partial charge on any atom is 0.243 e. The third-order valence-electron chi connectivity index (χ3n) is 5.18. The molecule has 1 heterocycles. The van der Waals surface area contributed by atoms with Crippen LogP contribution in [0.25, 0.3) is 0 Å². The Labute approximate surface area is 149 Å². The Bertz CT molecular complexity index is 697. The highest BCUT2D eigenvalue weighted by molar-refractivity contribution is 7.89. The Kier molecular flexibility index (Phi) is 5.76. The molecule has 1 aliphatic heterocycles. The summed E-state index contributed by atoms with van der Waals surface area (Å²) in [5, 5.41) is 2.95. The summed E-state index contributed by atoms with van der Waals surface area (Å²) < 4.78 is 26.5. The molecule has 1 aliphatic carbocycles. The molecule has 1 saturated heterocycles. The summed E-state index contributed by atoms with van der Waals surface area (Å²) in [5.74, 6) is 0.0440. The van der Waals surface area contributed by atoms with Crippen molar-refractivity contribution >= 4 is 15.9 Å². The molecule has 3 N–H and O–H groups in total. The van der Waals surface area contributed by atoms with Gasteiger partial charge in [-0.15, -0.1) is 0 Å². The van der Waals surface area contributed by atoms with E-state index in [-0.39, 0.29) is 17.9 Å². The van der Waals surface area contributed by atoms with Gasteiger partial charge in [0, 0.05) is 31.6 Å². The topological polar surface area (TPSA) is 92.5 Å². The van der Waals surface area contributed by atoms with Crippen molar-refractivity contribution in [1.82, 2.24) is 9.62 Å². The second-order valence-electron chi connectivity index (χ2n) is 7.10. The van der Waals surface area contributed by atoms with Gasteiger partial charge in [-0.1, -0.05) is 18.6 Å². The van der Waals surface area contributed by atoms with Gasteiger partial charge in [0.1, 0.15) is 0 Å². The van der Waals surface area contributed by atoms with E-state index in [4.69, 9.17) is 5.73 Å². The maximum absolute atomic E-state index is 12.5. The largest absolute Gasteiger partial charge is 0.352 e. The smallest absolute Gasteiger partial charge is 0.243 e. The molecule has 2 atom stereocenters. The number of hydrogen-bond donors (Lipinski definition) is 2. The van der Waals surface area contributed by atoms with Crippen molar-refractivity contribution in [1.29, 1.82) is 0 Å². The van der Waals surface area contributed by atoms with E-state index >= 15 is 0 Å². The third-order valence-corrected chi connectivity index (χ3v) is 7.09. The first-order valence-electron chi connectivity index (χ1n) is 9.09. The second-order valence-corrected chi connectivity index (χ2v) is 9.03. The first kappa shape index (κ1) is 18.4. The van der Waals surface area contributed by atoms with E-state index in [0.717, 1.165) is 44.1 Å². The Morgan fingerprint density at radius 1 is 1.12 bits per heavy atom. The van der Waals surface area contributed by atoms with Crippen molar-refractivity contribution in [2.75, 3.05) is 13.1 Å². The number of nitrogens with two attached hydrogens (primary N) is 1. The molecule has 6 nitrogen and oxygen atoms in total. The average Bonchev–Trinajstić information content (AvgIpc) is 3.15. The molecule has 2 aliphatic rings. The molecule has 1 amide bonds. The summed E-state index contributed by atoms with van der Waals surface area (Å²) in [4.78, 5) is 12.6. The molecule has 7 heteroatoms. The van der Waals surface area contributed by atoms with E-state index in [1.807, 2.05) is 0 Å². The van der Waals surface area contributed by atoms with Gasteiger partial charge in [-0.2, -0.15) is 4.31 Å². The number of rotatable bonds is 5. The lowest BCUT2D eigenvalue weighted by molar-refractivity contribution is -0.126. The molecular weight excluding hydrogens is 338 g/mol. The van der Waals surface area contributed by atoms with Crippen molar-refractivity contribution in [2.45, 2.75) is 56.0 Å². The Balaban J connectivity index is 1.56. The van der Waals surface area contributed by atoms with Crippen LogP contribution in [0.4, 0.5) is 0 Å². The summed E-state index contributed by atoms with van der Waals surface area (Å²) in [7, 11) is -3.38. The zero-order valence-corrected chi connectivity index (χ0v) is 15.3. The van der Waals surface area contributed by atoms with Crippen molar-refractivity contribution in [2.24, 2.45) is 11.7 Å². The fraction of sp³-hybridized carbons (Fsp3) is 0.611. The van der Waals surface area contributed by atoms with Crippen LogP contribution in [0, 0.1) is 5.92 Å². The third kappa shape index (κ3) is 4.40. The van der Waals surface area contributed by atoms with Crippen LogP contribution in [0.2, 0.25) is 0 Å². The van der Waals surface area contributed by atoms with E-state index in [1.165, 1.54) is 4.31 Å². The van der Waals surface area contributed by atoms with E-state index in [1.54, 1.807) is 24.3 Å². The standard InChI is InChI=1S/C18H27N3O3S/c19-16-5-3-4-15(12-16)18(22)20-13-14-6-8-17(9-7-14)25(23,24)21-10-1-2-11-21/h6-9,15-16H,1-5,10-13,19H2,(H,20,22). The number of carbonyl (C=O) groups is 1. The lowest BCUT2D eigenvalue weighted by Crippen LogP contribution is -2.37. The molecule has 138 valence electrons. The van der Waals surface area contributed by atoms with Crippen LogP contribution in [0.1, 0.15) is 44.1 Å². The molecule has 0 aromatic heterocycles. The van der Waals surface area contributed by atoms with Gasteiger partial charge >= 0.3 is 0 Å². The second kappa shape index (κ2) is 7.85. The minimum atomic E-state index is -3.38. The summed E-state index contributed by atoms with van der Waals surface area (Å²) in [6, 6.07) is 6.93. The van der Waals surface area contributed by atoms with Crippen LogP contribution in [0.5, 0.6) is 0 Å². The summed E-state index contributed by atoms with van der Waals surface area (Å²) in [6.07, 6.45) is 5.49. The molecule has 0 radical (unpaired) electrons. The fourth-order valence-electron chi connectivity index (χ4n) is 3.66. The van der Waals surface area contributed by atoms with Crippen LogP contribution in [0.15, 0.2) is 29.2 Å². The summed E-state index contributed by atoms with van der Waals surface area (Å²) in [6.45, 7) is 1.61. The average molecular weight is 365 g/mol. The van der Waals surface area contributed by atoms with E-state index in [0.29, 0.717) is 24.5 Å². The Hall–Kier alpha value is -1.44. The molecule has 1 aromatic carbocycles. The van der Waals surface area contributed by atoms with Gasteiger partial charge in [0.15, 0.2) is 0 Å². The Morgan fingerprint density at radius 2 is 1.80 bits per heavy atom. The van der Waals surface area contributed by atoms with E-state index < -0.39 is 10.0 Å². The van der Waals surface area contributed by atoms with Crippen molar-refractivity contribution in [3.8, 4) is 0 Å². The normalized spacial score (nSPS) is 25.0. The quantitative estimate of drug-likeness (QED) is 0.829. The molecule has 0 bridgehead atoms. The molecule has 1 saturated carbocycles. The highest BCUT2D eigenvalue weighted by Gasteiger charge is 2.27. The first-order chi connectivity index (χ1) is 12.0. The van der Waals surface area contributed by atoms with Crippen molar-refractivity contribution < 1.29 is 13.2 Å². The van der Waals surface area contributed by atoms with Gasteiger partial charge in [0.05, 0.1) is 4.90 Å². The Morgan fingerprint density at radius 3 is 2.44 bits per heavy atom. The van der Waals surface area contributed by atoms with Crippen molar-refractivity contribution in [3.05, 3.63) is 29.8 Å². The highest BCUT2D eigenvalue weighted by Crippen LogP contribution is 2.24. The number of amides is 1. The zero-order chi connectivity index (χ0) is 17.9. The molecule has 25 heavy (non-hydrogen) atoms. The van der Waals surface area contributed by atoms with Gasteiger partial charge in [-0.3, -0.25) is 4.79 Å². The van der Waals surface area contributed by atoms with Crippen LogP contribution in [-0.2, 0) is 21.4 Å². The van der Waals surface area contributed by atoms with E-state index in [2.05, 4.69) is 5.32 Å². The molecule has 2 unspecified atom stereocenters. The van der Waals surface area contributed by atoms with Crippen LogP contribution >= 0.6 is 0 Å². The number of carbonyl (C=O) groups excluding carboxylic acids is 1.